The number of aromatic nitrogens is 1. The Morgan fingerprint density at radius 2 is 1.88 bits per heavy atom. The monoisotopic (exact) mass is 232 g/mol. The molecule has 1 aromatic heterocycles. The van der Waals surface area contributed by atoms with Crippen LogP contribution in [-0.4, -0.2) is 4.98 Å². The summed E-state index contributed by atoms with van der Waals surface area (Å²) in [6.07, 6.45) is 3.59. The maximum Gasteiger partial charge on any atom is 0.0569 e. The van der Waals surface area contributed by atoms with Gasteiger partial charge in [-0.1, -0.05) is 23.7 Å². The number of halogens is 1. The number of hydrogen-bond acceptors (Lipinski definition) is 2. The molecule has 0 saturated carbocycles. The Hall–Kier alpha value is -1.38. The molecule has 16 heavy (non-hydrogen) atoms. The van der Waals surface area contributed by atoms with Gasteiger partial charge in [0.15, 0.2) is 0 Å². The first-order valence-electron chi connectivity index (χ1n) is 5.10. The molecule has 0 radical (unpaired) electrons. The lowest BCUT2D eigenvalue weighted by Gasteiger charge is -2.14. The smallest absolute Gasteiger partial charge is 0.0569 e. The largest absolute Gasteiger partial charge is 0.320 e. The molecule has 0 bridgehead atoms. The SMILES string of the molecule is Cc1ccncc1C(N)c1ccc(Cl)cc1. The van der Waals surface area contributed by atoms with Gasteiger partial charge in [-0.25, -0.2) is 0 Å². The molecule has 0 aliphatic rings. The number of pyridine rings is 1. The summed E-state index contributed by atoms with van der Waals surface area (Å²) in [7, 11) is 0. The lowest BCUT2D eigenvalue weighted by Crippen LogP contribution is -2.13. The van der Waals surface area contributed by atoms with Gasteiger partial charge < -0.3 is 5.73 Å². The van der Waals surface area contributed by atoms with E-state index in [1.54, 1.807) is 6.20 Å². The quantitative estimate of drug-likeness (QED) is 0.864. The van der Waals surface area contributed by atoms with Gasteiger partial charge in [0.2, 0.25) is 0 Å². The average Bonchev–Trinajstić information content (AvgIpc) is 2.30. The van der Waals surface area contributed by atoms with Gasteiger partial charge in [0.1, 0.15) is 0 Å². The van der Waals surface area contributed by atoms with Crippen LogP contribution in [0.5, 0.6) is 0 Å². The third-order valence-electron chi connectivity index (χ3n) is 2.64. The van der Waals surface area contributed by atoms with Crippen molar-refractivity contribution in [2.75, 3.05) is 0 Å². The summed E-state index contributed by atoms with van der Waals surface area (Å²) in [6.45, 7) is 2.03. The second-order valence-electron chi connectivity index (χ2n) is 3.76. The van der Waals surface area contributed by atoms with Crippen LogP contribution in [0.1, 0.15) is 22.7 Å². The standard InChI is InChI=1S/C13H13ClN2/c1-9-6-7-16-8-12(9)13(15)10-2-4-11(14)5-3-10/h2-8,13H,15H2,1H3. The van der Waals surface area contributed by atoms with Gasteiger partial charge in [-0.15, -0.1) is 0 Å². The van der Waals surface area contributed by atoms with Crippen molar-refractivity contribution >= 4 is 11.6 Å². The van der Waals surface area contributed by atoms with E-state index in [0.717, 1.165) is 21.7 Å². The molecule has 3 heteroatoms. The zero-order valence-corrected chi connectivity index (χ0v) is 9.78. The molecule has 0 aliphatic carbocycles. The highest BCUT2D eigenvalue weighted by atomic mass is 35.5. The molecule has 1 aromatic carbocycles. The lowest BCUT2D eigenvalue weighted by atomic mass is 9.98. The van der Waals surface area contributed by atoms with Crippen molar-refractivity contribution < 1.29 is 0 Å². The Labute approximate surface area is 100 Å². The summed E-state index contributed by atoms with van der Waals surface area (Å²) >= 11 is 5.84. The number of rotatable bonds is 2. The predicted molar refractivity (Wildman–Crippen MR) is 66.5 cm³/mol. The summed E-state index contributed by atoms with van der Waals surface area (Å²) in [6, 6.07) is 9.40. The number of hydrogen-bond donors (Lipinski definition) is 1. The van der Waals surface area contributed by atoms with E-state index < -0.39 is 0 Å². The van der Waals surface area contributed by atoms with E-state index in [1.165, 1.54) is 0 Å². The maximum absolute atomic E-state index is 6.18. The van der Waals surface area contributed by atoms with Crippen LogP contribution < -0.4 is 5.73 Å². The number of nitrogens with zero attached hydrogens (tertiary/aromatic N) is 1. The number of aryl methyl sites for hydroxylation is 1. The third-order valence-corrected chi connectivity index (χ3v) is 2.90. The molecule has 2 N–H and O–H groups in total. The van der Waals surface area contributed by atoms with Crippen LogP contribution in [0.15, 0.2) is 42.7 Å². The van der Waals surface area contributed by atoms with E-state index in [-0.39, 0.29) is 6.04 Å². The molecule has 2 nitrogen and oxygen atoms in total. The number of nitrogens with two attached hydrogens (primary N) is 1. The van der Waals surface area contributed by atoms with Gasteiger partial charge in [0, 0.05) is 17.4 Å². The van der Waals surface area contributed by atoms with Crippen molar-refractivity contribution in [1.82, 2.24) is 4.98 Å². The van der Waals surface area contributed by atoms with Crippen molar-refractivity contribution in [3.63, 3.8) is 0 Å². The summed E-state index contributed by atoms with van der Waals surface area (Å²) in [5.74, 6) is 0. The number of benzene rings is 1. The molecule has 1 unspecified atom stereocenters. The fraction of sp³-hybridized carbons (Fsp3) is 0.154. The molecule has 0 amide bonds. The second kappa shape index (κ2) is 4.64. The van der Waals surface area contributed by atoms with Gasteiger partial charge in [0.25, 0.3) is 0 Å². The lowest BCUT2D eigenvalue weighted by molar-refractivity contribution is 0.853. The molecule has 0 aliphatic heterocycles. The van der Waals surface area contributed by atoms with Gasteiger partial charge in [-0.3, -0.25) is 4.98 Å². The normalized spacial score (nSPS) is 12.4. The molecule has 82 valence electrons. The zero-order chi connectivity index (χ0) is 11.5. The Balaban J connectivity index is 2.35. The summed E-state index contributed by atoms with van der Waals surface area (Å²) in [5.41, 5.74) is 9.42. The van der Waals surface area contributed by atoms with Gasteiger partial charge in [-0.05, 0) is 41.8 Å². The summed E-state index contributed by atoms with van der Waals surface area (Å²) in [4.78, 5) is 4.10. The van der Waals surface area contributed by atoms with Crippen LogP contribution in [0.2, 0.25) is 5.02 Å². The summed E-state index contributed by atoms with van der Waals surface area (Å²) < 4.78 is 0. The van der Waals surface area contributed by atoms with Crippen molar-refractivity contribution in [2.45, 2.75) is 13.0 Å². The van der Waals surface area contributed by atoms with Crippen molar-refractivity contribution in [3.05, 3.63) is 64.4 Å². The molecular formula is C13H13ClN2. The molecule has 2 rings (SSSR count). The van der Waals surface area contributed by atoms with Crippen LogP contribution in [-0.2, 0) is 0 Å². The van der Waals surface area contributed by atoms with E-state index >= 15 is 0 Å². The van der Waals surface area contributed by atoms with E-state index in [0.29, 0.717) is 0 Å². The molecule has 1 atom stereocenters. The molecule has 2 aromatic rings. The summed E-state index contributed by atoms with van der Waals surface area (Å²) in [5, 5.41) is 0.721. The van der Waals surface area contributed by atoms with Crippen LogP contribution in [0.4, 0.5) is 0 Å². The Morgan fingerprint density at radius 1 is 1.19 bits per heavy atom. The van der Waals surface area contributed by atoms with Crippen molar-refractivity contribution in [3.8, 4) is 0 Å². The molecular weight excluding hydrogens is 220 g/mol. The maximum atomic E-state index is 6.18. The minimum atomic E-state index is -0.147. The highest BCUT2D eigenvalue weighted by Crippen LogP contribution is 2.22. The Kier molecular flexibility index (Phi) is 3.22. The minimum absolute atomic E-state index is 0.147. The first-order chi connectivity index (χ1) is 7.68. The molecule has 0 saturated heterocycles. The predicted octanol–water partition coefficient (Wildman–Crippen LogP) is 3.09. The molecule has 0 fully saturated rings. The van der Waals surface area contributed by atoms with E-state index in [2.05, 4.69) is 4.98 Å². The highest BCUT2D eigenvalue weighted by Gasteiger charge is 2.10. The highest BCUT2D eigenvalue weighted by molar-refractivity contribution is 6.30. The Morgan fingerprint density at radius 3 is 2.50 bits per heavy atom. The van der Waals surface area contributed by atoms with Crippen LogP contribution in [0.3, 0.4) is 0 Å². The van der Waals surface area contributed by atoms with E-state index in [9.17, 15) is 0 Å². The third kappa shape index (κ3) is 2.23. The Bertz CT molecular complexity index is 480. The molecule has 0 spiro atoms. The van der Waals surface area contributed by atoms with Crippen molar-refractivity contribution in [2.24, 2.45) is 5.73 Å². The topological polar surface area (TPSA) is 38.9 Å². The van der Waals surface area contributed by atoms with E-state index in [4.69, 9.17) is 17.3 Å². The fourth-order valence-electron chi connectivity index (χ4n) is 1.65. The first kappa shape index (κ1) is 11.1. The molecule has 1 heterocycles. The van der Waals surface area contributed by atoms with Gasteiger partial charge in [0.05, 0.1) is 6.04 Å². The van der Waals surface area contributed by atoms with Crippen molar-refractivity contribution in [1.29, 1.82) is 0 Å². The van der Waals surface area contributed by atoms with Crippen LogP contribution in [0.25, 0.3) is 0 Å². The van der Waals surface area contributed by atoms with Gasteiger partial charge in [-0.2, -0.15) is 0 Å². The first-order valence-corrected chi connectivity index (χ1v) is 5.48. The van der Waals surface area contributed by atoms with Gasteiger partial charge >= 0.3 is 0 Å². The van der Waals surface area contributed by atoms with E-state index in [1.807, 2.05) is 43.5 Å². The fourth-order valence-corrected chi connectivity index (χ4v) is 1.78. The van der Waals surface area contributed by atoms with Crippen LogP contribution >= 0.6 is 11.6 Å². The minimum Gasteiger partial charge on any atom is -0.320 e. The average molecular weight is 233 g/mol. The van der Waals surface area contributed by atoms with Crippen LogP contribution in [0, 0.1) is 6.92 Å². The second-order valence-corrected chi connectivity index (χ2v) is 4.20. The zero-order valence-electron chi connectivity index (χ0n) is 9.02.